The van der Waals surface area contributed by atoms with E-state index in [2.05, 4.69) is 15.1 Å². The molecule has 7 heteroatoms. The maximum Gasteiger partial charge on any atom is 0.238 e. The molecule has 26 heavy (non-hydrogen) atoms. The summed E-state index contributed by atoms with van der Waals surface area (Å²) in [5.41, 5.74) is 1.64. The number of carbonyl (C=O) groups is 2. The molecule has 2 amide bonds. The van der Waals surface area contributed by atoms with Crippen LogP contribution in [0.4, 0.5) is 5.69 Å². The summed E-state index contributed by atoms with van der Waals surface area (Å²) < 4.78 is 0. The van der Waals surface area contributed by atoms with Gasteiger partial charge in [0.1, 0.15) is 0 Å². The number of nitrogens with zero attached hydrogens (tertiary/aromatic N) is 3. The summed E-state index contributed by atoms with van der Waals surface area (Å²) in [7, 11) is 0. The SMILES string of the molecule is Cc1c(Cl)cccc1NC(=O)CN1CCN(CC(=O)N2CCCC2)CC1. The number of anilines is 1. The van der Waals surface area contributed by atoms with Crippen molar-refractivity contribution < 1.29 is 9.59 Å². The summed E-state index contributed by atoms with van der Waals surface area (Å²) in [4.78, 5) is 30.8. The average molecular weight is 379 g/mol. The molecule has 2 heterocycles. The van der Waals surface area contributed by atoms with E-state index in [1.807, 2.05) is 30.0 Å². The lowest BCUT2D eigenvalue weighted by atomic mass is 10.2. The Bertz CT molecular complexity index is 653. The van der Waals surface area contributed by atoms with E-state index in [0.29, 0.717) is 18.1 Å². The number of hydrogen-bond acceptors (Lipinski definition) is 4. The van der Waals surface area contributed by atoms with E-state index in [1.165, 1.54) is 0 Å². The molecule has 0 spiro atoms. The van der Waals surface area contributed by atoms with Crippen molar-refractivity contribution in [1.82, 2.24) is 14.7 Å². The Kier molecular flexibility index (Phi) is 6.51. The van der Waals surface area contributed by atoms with Gasteiger partial charge in [0.25, 0.3) is 0 Å². The van der Waals surface area contributed by atoms with E-state index in [-0.39, 0.29) is 11.8 Å². The van der Waals surface area contributed by atoms with Crippen LogP contribution in [0.5, 0.6) is 0 Å². The second kappa shape index (κ2) is 8.84. The van der Waals surface area contributed by atoms with Crippen LogP contribution in [0, 0.1) is 6.92 Å². The summed E-state index contributed by atoms with van der Waals surface area (Å²) in [6, 6.07) is 5.51. The molecular formula is C19H27ClN4O2. The summed E-state index contributed by atoms with van der Waals surface area (Å²) in [6.07, 6.45) is 2.25. The lowest BCUT2D eigenvalue weighted by molar-refractivity contribution is -0.132. The number of nitrogens with one attached hydrogen (secondary N) is 1. The number of hydrogen-bond donors (Lipinski definition) is 1. The fraction of sp³-hybridized carbons (Fsp3) is 0.579. The first-order valence-electron chi connectivity index (χ1n) is 9.30. The van der Waals surface area contributed by atoms with Gasteiger partial charge in [-0.05, 0) is 37.5 Å². The highest BCUT2D eigenvalue weighted by molar-refractivity contribution is 6.31. The minimum Gasteiger partial charge on any atom is -0.342 e. The molecule has 2 aliphatic rings. The Labute approximate surface area is 160 Å². The van der Waals surface area contributed by atoms with Gasteiger partial charge < -0.3 is 10.2 Å². The second-order valence-electron chi connectivity index (χ2n) is 7.10. The summed E-state index contributed by atoms with van der Waals surface area (Å²) in [5.74, 6) is 0.210. The van der Waals surface area contributed by atoms with Gasteiger partial charge in [-0.15, -0.1) is 0 Å². The van der Waals surface area contributed by atoms with Crippen LogP contribution in [0.25, 0.3) is 0 Å². The molecule has 2 fully saturated rings. The zero-order chi connectivity index (χ0) is 18.5. The van der Waals surface area contributed by atoms with Gasteiger partial charge in [0.05, 0.1) is 13.1 Å². The highest BCUT2D eigenvalue weighted by atomic mass is 35.5. The maximum absolute atomic E-state index is 12.3. The van der Waals surface area contributed by atoms with Crippen LogP contribution in [0.15, 0.2) is 18.2 Å². The predicted octanol–water partition coefficient (Wildman–Crippen LogP) is 1.83. The fourth-order valence-electron chi connectivity index (χ4n) is 3.50. The lowest BCUT2D eigenvalue weighted by Crippen LogP contribution is -2.51. The molecule has 0 atom stereocenters. The summed E-state index contributed by atoms with van der Waals surface area (Å²) in [6.45, 7) is 7.82. The molecule has 1 aromatic carbocycles. The monoisotopic (exact) mass is 378 g/mol. The summed E-state index contributed by atoms with van der Waals surface area (Å²) >= 11 is 6.10. The molecule has 0 aromatic heterocycles. The molecule has 0 unspecified atom stereocenters. The van der Waals surface area contributed by atoms with Gasteiger partial charge in [0, 0.05) is 50.0 Å². The molecule has 0 radical (unpaired) electrons. The number of halogens is 1. The topological polar surface area (TPSA) is 55.9 Å². The normalized spacial score (nSPS) is 18.9. The number of carbonyl (C=O) groups excluding carboxylic acids is 2. The van der Waals surface area contributed by atoms with Crippen LogP contribution in [0.2, 0.25) is 5.02 Å². The first-order chi connectivity index (χ1) is 12.5. The molecule has 3 rings (SSSR count). The van der Waals surface area contributed by atoms with Crippen LogP contribution < -0.4 is 5.32 Å². The van der Waals surface area contributed by atoms with Crippen molar-refractivity contribution in [2.75, 3.05) is 57.7 Å². The van der Waals surface area contributed by atoms with Crippen LogP contribution in [0.3, 0.4) is 0 Å². The number of likely N-dealkylation sites (tertiary alicyclic amines) is 1. The molecule has 142 valence electrons. The van der Waals surface area contributed by atoms with E-state index in [9.17, 15) is 9.59 Å². The molecule has 1 N–H and O–H groups in total. The van der Waals surface area contributed by atoms with Gasteiger partial charge in [-0.2, -0.15) is 0 Å². The first kappa shape index (κ1) is 19.1. The Balaban J connectivity index is 1.41. The number of rotatable bonds is 5. The van der Waals surface area contributed by atoms with Crippen molar-refractivity contribution in [2.24, 2.45) is 0 Å². The first-order valence-corrected chi connectivity index (χ1v) is 9.68. The van der Waals surface area contributed by atoms with Crippen molar-refractivity contribution in [3.8, 4) is 0 Å². The van der Waals surface area contributed by atoms with Gasteiger partial charge in [-0.1, -0.05) is 17.7 Å². The third-order valence-corrected chi connectivity index (χ3v) is 5.60. The number of amides is 2. The minimum atomic E-state index is -0.0306. The van der Waals surface area contributed by atoms with Crippen LogP contribution in [-0.4, -0.2) is 78.9 Å². The molecule has 0 saturated carbocycles. The van der Waals surface area contributed by atoms with Crippen LogP contribution in [0.1, 0.15) is 18.4 Å². The van der Waals surface area contributed by atoms with Gasteiger partial charge >= 0.3 is 0 Å². The smallest absolute Gasteiger partial charge is 0.238 e. The van der Waals surface area contributed by atoms with Crippen LogP contribution in [-0.2, 0) is 9.59 Å². The fourth-order valence-corrected chi connectivity index (χ4v) is 3.67. The van der Waals surface area contributed by atoms with Gasteiger partial charge in [-0.3, -0.25) is 19.4 Å². The van der Waals surface area contributed by atoms with E-state index in [1.54, 1.807) is 0 Å². The maximum atomic E-state index is 12.3. The van der Waals surface area contributed by atoms with Crippen molar-refractivity contribution in [1.29, 1.82) is 0 Å². The molecule has 1 aromatic rings. The number of piperazine rings is 1. The molecule has 2 aliphatic heterocycles. The second-order valence-corrected chi connectivity index (χ2v) is 7.51. The van der Waals surface area contributed by atoms with Gasteiger partial charge in [0.2, 0.25) is 11.8 Å². The van der Waals surface area contributed by atoms with Crippen molar-refractivity contribution in [3.63, 3.8) is 0 Å². The van der Waals surface area contributed by atoms with E-state index >= 15 is 0 Å². The lowest BCUT2D eigenvalue weighted by Gasteiger charge is -2.34. The third-order valence-electron chi connectivity index (χ3n) is 5.19. The van der Waals surface area contributed by atoms with Gasteiger partial charge in [0.15, 0.2) is 0 Å². The Morgan fingerprint density at radius 3 is 2.27 bits per heavy atom. The highest BCUT2D eigenvalue weighted by Crippen LogP contribution is 2.22. The Hall–Kier alpha value is -1.63. The van der Waals surface area contributed by atoms with Crippen molar-refractivity contribution >= 4 is 29.1 Å². The van der Waals surface area contributed by atoms with E-state index < -0.39 is 0 Å². The van der Waals surface area contributed by atoms with Crippen molar-refractivity contribution in [3.05, 3.63) is 28.8 Å². The highest BCUT2D eigenvalue weighted by Gasteiger charge is 2.24. The standard InChI is InChI=1S/C19H27ClN4O2/c1-15-16(20)5-4-6-17(15)21-18(25)13-22-9-11-23(12-10-22)14-19(26)24-7-2-3-8-24/h4-6H,2-3,7-14H2,1H3,(H,21,25). The third kappa shape index (κ3) is 4.96. The predicted molar refractivity (Wildman–Crippen MR) is 104 cm³/mol. The van der Waals surface area contributed by atoms with Gasteiger partial charge in [-0.25, -0.2) is 0 Å². The Morgan fingerprint density at radius 1 is 1.00 bits per heavy atom. The zero-order valence-corrected chi connectivity index (χ0v) is 16.1. The zero-order valence-electron chi connectivity index (χ0n) is 15.3. The molecule has 6 nitrogen and oxygen atoms in total. The number of benzene rings is 1. The van der Waals surface area contributed by atoms with E-state index in [0.717, 1.165) is 63.4 Å². The molecule has 0 aliphatic carbocycles. The molecule has 2 saturated heterocycles. The largest absolute Gasteiger partial charge is 0.342 e. The average Bonchev–Trinajstić information content (AvgIpc) is 3.15. The van der Waals surface area contributed by atoms with E-state index in [4.69, 9.17) is 11.6 Å². The summed E-state index contributed by atoms with van der Waals surface area (Å²) in [5, 5.41) is 3.59. The molecule has 0 bridgehead atoms. The minimum absolute atomic E-state index is 0.0306. The van der Waals surface area contributed by atoms with Crippen molar-refractivity contribution in [2.45, 2.75) is 19.8 Å². The van der Waals surface area contributed by atoms with Crippen LogP contribution >= 0.6 is 11.6 Å². The Morgan fingerprint density at radius 2 is 1.62 bits per heavy atom. The quantitative estimate of drug-likeness (QED) is 0.849. The molecular weight excluding hydrogens is 352 g/mol.